The predicted octanol–water partition coefficient (Wildman–Crippen LogP) is 1.56. The van der Waals surface area contributed by atoms with Crippen molar-refractivity contribution in [1.29, 1.82) is 0 Å². The molecule has 5 nitrogen and oxygen atoms in total. The summed E-state index contributed by atoms with van der Waals surface area (Å²) in [6.07, 6.45) is 3.22. The van der Waals surface area contributed by atoms with Crippen LogP contribution in [0, 0.1) is 0 Å². The summed E-state index contributed by atoms with van der Waals surface area (Å²) in [5.74, 6) is 0. The van der Waals surface area contributed by atoms with Crippen LogP contribution in [0.1, 0.15) is 19.0 Å². The third-order valence-corrected chi connectivity index (χ3v) is 3.26. The molecule has 2 heterocycles. The van der Waals surface area contributed by atoms with Gasteiger partial charge >= 0.3 is 0 Å². The second-order valence-electron chi connectivity index (χ2n) is 4.65. The van der Waals surface area contributed by atoms with Crippen LogP contribution in [0.5, 0.6) is 0 Å². The van der Waals surface area contributed by atoms with Crippen molar-refractivity contribution >= 4 is 24.8 Å². The van der Waals surface area contributed by atoms with Crippen LogP contribution < -0.4 is 5.32 Å². The average Bonchev–Trinajstić information content (AvgIpc) is 2.87. The second kappa shape index (κ2) is 11.3. The van der Waals surface area contributed by atoms with E-state index < -0.39 is 0 Å². The number of aryl methyl sites for hydroxylation is 1. The minimum absolute atomic E-state index is 0. The smallest absolute Gasteiger partial charge is 0.0762 e. The molecule has 1 aliphatic heterocycles. The van der Waals surface area contributed by atoms with Crippen LogP contribution in [0.3, 0.4) is 0 Å². The first kappa shape index (κ1) is 19.7. The minimum atomic E-state index is 0. The summed E-state index contributed by atoms with van der Waals surface area (Å²) in [6.45, 7) is 10.1. The normalized spacial score (nSPS) is 15.4. The molecular formula is C13H26Cl2N4O. The first-order valence-electron chi connectivity index (χ1n) is 6.91. The highest BCUT2D eigenvalue weighted by molar-refractivity contribution is 5.85. The number of hydrogen-bond donors (Lipinski definition) is 1. The summed E-state index contributed by atoms with van der Waals surface area (Å²) in [4.78, 5) is 2.47. The lowest BCUT2D eigenvalue weighted by Crippen LogP contribution is -2.37. The maximum Gasteiger partial charge on any atom is 0.0762 e. The number of nitrogens with zero attached hydrogens (tertiary/aromatic N) is 3. The standard InChI is InChI=1S/C13H24N4O.2ClH/c1-2-17-7-4-13(15-17)12-14-5-3-6-16-8-10-18-11-9-16;;/h4,7,14H,2-3,5-6,8-12H2,1H3;2*1H. The Morgan fingerprint density at radius 3 is 2.70 bits per heavy atom. The number of aromatic nitrogens is 2. The van der Waals surface area contributed by atoms with Gasteiger partial charge in [0, 0.05) is 32.4 Å². The Hall–Kier alpha value is -0.330. The van der Waals surface area contributed by atoms with Crippen molar-refractivity contribution in [3.8, 4) is 0 Å². The molecule has 0 unspecified atom stereocenters. The fraction of sp³-hybridized carbons (Fsp3) is 0.769. The molecule has 1 N–H and O–H groups in total. The van der Waals surface area contributed by atoms with E-state index in [-0.39, 0.29) is 24.8 Å². The molecule has 0 bridgehead atoms. The molecule has 0 atom stereocenters. The molecule has 2 rings (SSSR count). The van der Waals surface area contributed by atoms with Gasteiger partial charge in [-0.05, 0) is 32.5 Å². The van der Waals surface area contributed by atoms with E-state index >= 15 is 0 Å². The summed E-state index contributed by atoms with van der Waals surface area (Å²) in [7, 11) is 0. The molecule has 0 radical (unpaired) electrons. The van der Waals surface area contributed by atoms with Crippen molar-refractivity contribution in [3.63, 3.8) is 0 Å². The van der Waals surface area contributed by atoms with Crippen LogP contribution in [0.4, 0.5) is 0 Å². The first-order chi connectivity index (χ1) is 8.88. The van der Waals surface area contributed by atoms with E-state index in [1.807, 2.05) is 10.9 Å². The van der Waals surface area contributed by atoms with Gasteiger partial charge < -0.3 is 10.1 Å². The number of halogens is 2. The van der Waals surface area contributed by atoms with Crippen molar-refractivity contribution in [2.24, 2.45) is 0 Å². The predicted molar refractivity (Wildman–Crippen MR) is 86.0 cm³/mol. The summed E-state index contributed by atoms with van der Waals surface area (Å²) >= 11 is 0. The van der Waals surface area contributed by atoms with E-state index in [0.717, 1.165) is 51.6 Å². The van der Waals surface area contributed by atoms with Gasteiger partial charge in [0.1, 0.15) is 0 Å². The number of rotatable bonds is 7. The van der Waals surface area contributed by atoms with Crippen LogP contribution in [-0.2, 0) is 17.8 Å². The van der Waals surface area contributed by atoms with Crippen LogP contribution in [-0.4, -0.2) is 54.1 Å². The Morgan fingerprint density at radius 1 is 1.30 bits per heavy atom. The Kier molecular flexibility index (Phi) is 11.2. The molecule has 0 aliphatic carbocycles. The fourth-order valence-corrected chi connectivity index (χ4v) is 2.14. The average molecular weight is 325 g/mol. The first-order valence-corrected chi connectivity index (χ1v) is 6.91. The molecular weight excluding hydrogens is 299 g/mol. The van der Waals surface area contributed by atoms with Crippen LogP contribution in [0.25, 0.3) is 0 Å². The van der Waals surface area contributed by atoms with Gasteiger partial charge in [-0.15, -0.1) is 24.8 Å². The van der Waals surface area contributed by atoms with Gasteiger partial charge in [0.15, 0.2) is 0 Å². The Morgan fingerprint density at radius 2 is 2.05 bits per heavy atom. The van der Waals surface area contributed by atoms with Crippen LogP contribution in [0.2, 0.25) is 0 Å². The van der Waals surface area contributed by atoms with E-state index in [2.05, 4.69) is 28.3 Å². The third-order valence-electron chi connectivity index (χ3n) is 3.26. The lowest BCUT2D eigenvalue weighted by Gasteiger charge is -2.26. The highest BCUT2D eigenvalue weighted by Crippen LogP contribution is 1.98. The Bertz CT molecular complexity index is 343. The highest BCUT2D eigenvalue weighted by Gasteiger charge is 2.08. The van der Waals surface area contributed by atoms with Crippen molar-refractivity contribution < 1.29 is 4.74 Å². The molecule has 1 aliphatic rings. The van der Waals surface area contributed by atoms with Gasteiger partial charge in [-0.1, -0.05) is 0 Å². The van der Waals surface area contributed by atoms with E-state index in [0.29, 0.717) is 0 Å². The number of morpholine rings is 1. The molecule has 1 fully saturated rings. The Labute approximate surface area is 133 Å². The maximum absolute atomic E-state index is 5.33. The topological polar surface area (TPSA) is 42.3 Å². The fourth-order valence-electron chi connectivity index (χ4n) is 2.14. The molecule has 1 aromatic heterocycles. The molecule has 1 saturated heterocycles. The quantitative estimate of drug-likeness (QED) is 0.773. The van der Waals surface area contributed by atoms with E-state index in [1.54, 1.807) is 0 Å². The van der Waals surface area contributed by atoms with Gasteiger partial charge in [-0.25, -0.2) is 0 Å². The number of hydrogen-bond acceptors (Lipinski definition) is 4. The van der Waals surface area contributed by atoms with Crippen molar-refractivity contribution in [2.75, 3.05) is 39.4 Å². The lowest BCUT2D eigenvalue weighted by molar-refractivity contribution is 0.0374. The molecule has 20 heavy (non-hydrogen) atoms. The molecule has 0 amide bonds. The van der Waals surface area contributed by atoms with E-state index in [4.69, 9.17) is 4.74 Å². The summed E-state index contributed by atoms with van der Waals surface area (Å²) in [6, 6.07) is 2.08. The number of ether oxygens (including phenoxy) is 1. The zero-order chi connectivity index (χ0) is 12.6. The van der Waals surface area contributed by atoms with Crippen LogP contribution in [0.15, 0.2) is 12.3 Å². The summed E-state index contributed by atoms with van der Waals surface area (Å²) < 4.78 is 7.29. The second-order valence-corrected chi connectivity index (χ2v) is 4.65. The molecule has 0 saturated carbocycles. The maximum atomic E-state index is 5.33. The lowest BCUT2D eigenvalue weighted by atomic mass is 10.3. The summed E-state index contributed by atoms with van der Waals surface area (Å²) in [5.41, 5.74) is 1.13. The van der Waals surface area contributed by atoms with Gasteiger partial charge in [-0.3, -0.25) is 9.58 Å². The van der Waals surface area contributed by atoms with Crippen molar-refractivity contribution in [1.82, 2.24) is 20.0 Å². The Balaban J connectivity index is 0.00000180. The van der Waals surface area contributed by atoms with Crippen LogP contribution >= 0.6 is 24.8 Å². The largest absolute Gasteiger partial charge is 0.379 e. The zero-order valence-corrected chi connectivity index (χ0v) is 13.7. The van der Waals surface area contributed by atoms with E-state index in [1.165, 1.54) is 13.0 Å². The minimum Gasteiger partial charge on any atom is -0.379 e. The molecule has 118 valence electrons. The van der Waals surface area contributed by atoms with Gasteiger partial charge in [0.05, 0.1) is 18.9 Å². The van der Waals surface area contributed by atoms with E-state index in [9.17, 15) is 0 Å². The SMILES string of the molecule is CCn1ccc(CNCCCN2CCOCC2)n1.Cl.Cl. The number of nitrogens with one attached hydrogen (secondary N) is 1. The zero-order valence-electron chi connectivity index (χ0n) is 12.1. The molecule has 0 aromatic carbocycles. The molecule has 7 heteroatoms. The van der Waals surface area contributed by atoms with Crippen molar-refractivity contribution in [3.05, 3.63) is 18.0 Å². The van der Waals surface area contributed by atoms with Gasteiger partial charge in [-0.2, -0.15) is 5.10 Å². The monoisotopic (exact) mass is 324 g/mol. The van der Waals surface area contributed by atoms with Crippen molar-refractivity contribution in [2.45, 2.75) is 26.4 Å². The third kappa shape index (κ3) is 6.90. The molecule has 1 aromatic rings. The highest BCUT2D eigenvalue weighted by atomic mass is 35.5. The van der Waals surface area contributed by atoms with Gasteiger partial charge in [0.2, 0.25) is 0 Å². The van der Waals surface area contributed by atoms with Gasteiger partial charge in [0.25, 0.3) is 0 Å². The molecule has 0 spiro atoms. The summed E-state index contributed by atoms with van der Waals surface area (Å²) in [5, 5.41) is 7.89.